The van der Waals surface area contributed by atoms with E-state index in [9.17, 15) is 9.59 Å². The molecule has 0 spiro atoms. The number of nitrogens with zero attached hydrogens (tertiary/aromatic N) is 2. The number of fused-ring (bicyclic) bond motifs is 1. The van der Waals surface area contributed by atoms with Crippen LogP contribution in [-0.4, -0.2) is 30.7 Å². The van der Waals surface area contributed by atoms with Crippen LogP contribution in [0.4, 0.5) is 5.69 Å². The fourth-order valence-corrected chi connectivity index (χ4v) is 3.01. The number of imide groups is 1. The number of rotatable bonds is 3. The average Bonchev–Trinajstić information content (AvgIpc) is 3.17. The summed E-state index contributed by atoms with van der Waals surface area (Å²) in [6.07, 6.45) is -0.894. The molecule has 120 valence electrons. The van der Waals surface area contributed by atoms with E-state index in [1.165, 1.54) is 4.90 Å². The maximum atomic E-state index is 12.8. The number of hydrogen-bond acceptors (Lipinski definition) is 5. The molecule has 0 unspecified atom stereocenters. The van der Waals surface area contributed by atoms with Crippen LogP contribution in [0.2, 0.25) is 0 Å². The minimum absolute atomic E-state index is 0.316. The lowest BCUT2D eigenvalue weighted by atomic mass is 9.94. The molecule has 2 aromatic rings. The summed E-state index contributed by atoms with van der Waals surface area (Å²) >= 11 is 0. The second-order valence-corrected chi connectivity index (χ2v) is 5.56. The summed E-state index contributed by atoms with van der Waals surface area (Å²) in [5.41, 5.74) is 1.75. The van der Waals surface area contributed by atoms with Crippen molar-refractivity contribution in [3.05, 3.63) is 60.2 Å². The molecule has 0 bridgehead atoms. The molecule has 1 fully saturated rings. The fraction of sp³-hybridized carbons (Fsp3) is 0.167. The molecule has 0 aliphatic carbocycles. The van der Waals surface area contributed by atoms with Crippen molar-refractivity contribution in [2.24, 2.45) is 11.1 Å². The number of ether oxygens (including phenoxy) is 1. The van der Waals surface area contributed by atoms with E-state index in [1.807, 2.05) is 6.07 Å². The Kier molecular flexibility index (Phi) is 3.30. The number of oxime groups is 1. The number of hydrogen-bond donors (Lipinski definition) is 0. The second-order valence-electron chi connectivity index (χ2n) is 5.56. The minimum Gasteiger partial charge on any atom is -0.497 e. The highest BCUT2D eigenvalue weighted by molar-refractivity contribution is 6.32. The molecule has 2 aromatic carbocycles. The van der Waals surface area contributed by atoms with Crippen molar-refractivity contribution in [3.63, 3.8) is 0 Å². The zero-order chi connectivity index (χ0) is 16.7. The zero-order valence-corrected chi connectivity index (χ0v) is 12.9. The van der Waals surface area contributed by atoms with Crippen molar-refractivity contribution in [1.82, 2.24) is 0 Å². The summed E-state index contributed by atoms with van der Waals surface area (Å²) in [5.74, 6) is -0.715. The lowest BCUT2D eigenvalue weighted by molar-refractivity contribution is -0.126. The highest BCUT2D eigenvalue weighted by Gasteiger charge is 2.56. The van der Waals surface area contributed by atoms with Crippen LogP contribution in [0.25, 0.3) is 0 Å². The van der Waals surface area contributed by atoms with Gasteiger partial charge in [-0.1, -0.05) is 23.4 Å². The number of para-hydroxylation sites is 1. The largest absolute Gasteiger partial charge is 0.497 e. The third kappa shape index (κ3) is 2.07. The second kappa shape index (κ2) is 5.49. The topological polar surface area (TPSA) is 68.2 Å². The van der Waals surface area contributed by atoms with Gasteiger partial charge in [0, 0.05) is 5.56 Å². The molecule has 0 aromatic heterocycles. The number of methoxy groups -OCH3 is 1. The molecule has 2 heterocycles. The predicted molar refractivity (Wildman–Crippen MR) is 86.8 cm³/mol. The predicted octanol–water partition coefficient (Wildman–Crippen LogP) is 1.99. The summed E-state index contributed by atoms with van der Waals surface area (Å²) < 4.78 is 5.13. The molecular formula is C18H14N2O4. The van der Waals surface area contributed by atoms with Crippen molar-refractivity contribution >= 4 is 23.2 Å². The van der Waals surface area contributed by atoms with Gasteiger partial charge in [-0.05, 0) is 36.4 Å². The molecule has 0 saturated carbocycles. The summed E-state index contributed by atoms with van der Waals surface area (Å²) in [7, 11) is 1.58. The Labute approximate surface area is 138 Å². The Balaban J connectivity index is 1.68. The SMILES string of the molecule is COc1ccc(C2=NO[C@H]3C(=O)N(c4ccccc4)C(=O)[C@H]23)cc1. The van der Waals surface area contributed by atoms with Crippen molar-refractivity contribution < 1.29 is 19.2 Å². The van der Waals surface area contributed by atoms with Crippen LogP contribution >= 0.6 is 0 Å². The van der Waals surface area contributed by atoms with Crippen LogP contribution in [0.1, 0.15) is 5.56 Å². The number of carbonyl (C=O) groups is 2. The molecule has 24 heavy (non-hydrogen) atoms. The van der Waals surface area contributed by atoms with Crippen LogP contribution < -0.4 is 9.64 Å². The lowest BCUT2D eigenvalue weighted by Gasteiger charge is -2.15. The van der Waals surface area contributed by atoms with Gasteiger partial charge in [-0.25, -0.2) is 4.90 Å². The monoisotopic (exact) mass is 322 g/mol. The molecule has 6 heteroatoms. The number of carbonyl (C=O) groups excluding carboxylic acids is 2. The van der Waals surface area contributed by atoms with E-state index in [0.29, 0.717) is 17.1 Å². The smallest absolute Gasteiger partial charge is 0.278 e. The van der Waals surface area contributed by atoms with Gasteiger partial charge in [0.25, 0.3) is 5.91 Å². The fourth-order valence-electron chi connectivity index (χ4n) is 3.01. The zero-order valence-electron chi connectivity index (χ0n) is 12.9. The minimum atomic E-state index is -0.894. The van der Waals surface area contributed by atoms with Gasteiger partial charge in [0.2, 0.25) is 12.0 Å². The van der Waals surface area contributed by atoms with Crippen LogP contribution in [0.5, 0.6) is 5.75 Å². The van der Waals surface area contributed by atoms with E-state index in [1.54, 1.807) is 55.6 Å². The maximum absolute atomic E-state index is 12.8. The normalized spacial score (nSPS) is 22.2. The molecule has 1 saturated heterocycles. The molecule has 0 N–H and O–H groups in total. The van der Waals surface area contributed by atoms with Gasteiger partial charge in [-0.15, -0.1) is 0 Å². The Morgan fingerprint density at radius 1 is 1.00 bits per heavy atom. The summed E-state index contributed by atoms with van der Waals surface area (Å²) in [4.78, 5) is 31.8. The quantitative estimate of drug-likeness (QED) is 0.811. The molecule has 6 nitrogen and oxygen atoms in total. The van der Waals surface area contributed by atoms with Gasteiger partial charge < -0.3 is 9.57 Å². The number of anilines is 1. The lowest BCUT2D eigenvalue weighted by Crippen LogP contribution is -2.33. The van der Waals surface area contributed by atoms with Crippen LogP contribution in [-0.2, 0) is 14.4 Å². The average molecular weight is 322 g/mol. The first-order valence-corrected chi connectivity index (χ1v) is 7.51. The van der Waals surface area contributed by atoms with E-state index in [-0.39, 0.29) is 11.8 Å². The summed E-state index contributed by atoms with van der Waals surface area (Å²) in [5, 5.41) is 3.98. The number of amides is 2. The van der Waals surface area contributed by atoms with Gasteiger partial charge in [-0.2, -0.15) is 0 Å². The molecule has 4 rings (SSSR count). The number of benzene rings is 2. The Hall–Kier alpha value is -3.15. The van der Waals surface area contributed by atoms with Crippen molar-refractivity contribution in [2.45, 2.75) is 6.10 Å². The van der Waals surface area contributed by atoms with Crippen molar-refractivity contribution in [3.8, 4) is 5.75 Å². The standard InChI is InChI=1S/C18H14N2O4/c1-23-13-9-7-11(8-10-13)15-14-16(24-19-15)18(22)20(17(14)21)12-5-3-2-4-6-12/h2-10,14,16H,1H3/t14-,16-/m1/s1. The summed E-state index contributed by atoms with van der Waals surface area (Å²) in [6, 6.07) is 16.0. The van der Waals surface area contributed by atoms with Crippen molar-refractivity contribution in [1.29, 1.82) is 0 Å². The van der Waals surface area contributed by atoms with Gasteiger partial charge in [-0.3, -0.25) is 9.59 Å². The molecule has 2 amide bonds. The van der Waals surface area contributed by atoms with E-state index in [0.717, 1.165) is 5.56 Å². The molecule has 2 aliphatic heterocycles. The van der Waals surface area contributed by atoms with E-state index >= 15 is 0 Å². The van der Waals surface area contributed by atoms with Crippen LogP contribution in [0, 0.1) is 5.92 Å². The highest BCUT2D eigenvalue weighted by atomic mass is 16.6. The van der Waals surface area contributed by atoms with Gasteiger partial charge >= 0.3 is 0 Å². The first kappa shape index (κ1) is 14.4. The molecule has 2 aliphatic rings. The Bertz CT molecular complexity index is 830. The highest BCUT2D eigenvalue weighted by Crippen LogP contribution is 2.35. The first-order chi connectivity index (χ1) is 11.7. The Morgan fingerprint density at radius 3 is 2.38 bits per heavy atom. The Morgan fingerprint density at radius 2 is 1.71 bits per heavy atom. The van der Waals surface area contributed by atoms with Gasteiger partial charge in [0.05, 0.1) is 12.8 Å². The molecule has 0 radical (unpaired) electrons. The summed E-state index contributed by atoms with van der Waals surface area (Å²) in [6.45, 7) is 0. The molecule has 2 atom stereocenters. The third-order valence-electron chi connectivity index (χ3n) is 4.21. The maximum Gasteiger partial charge on any atom is 0.278 e. The third-order valence-corrected chi connectivity index (χ3v) is 4.21. The molecular weight excluding hydrogens is 308 g/mol. The van der Waals surface area contributed by atoms with E-state index < -0.39 is 12.0 Å². The van der Waals surface area contributed by atoms with Crippen LogP contribution in [0.15, 0.2) is 59.8 Å². The van der Waals surface area contributed by atoms with Crippen molar-refractivity contribution in [2.75, 3.05) is 12.0 Å². The van der Waals surface area contributed by atoms with E-state index in [2.05, 4.69) is 5.16 Å². The van der Waals surface area contributed by atoms with Gasteiger partial charge in [0.1, 0.15) is 17.4 Å². The van der Waals surface area contributed by atoms with Gasteiger partial charge in [0.15, 0.2) is 0 Å². The van der Waals surface area contributed by atoms with E-state index in [4.69, 9.17) is 9.57 Å². The van der Waals surface area contributed by atoms with Crippen LogP contribution in [0.3, 0.4) is 0 Å². The first-order valence-electron chi connectivity index (χ1n) is 7.51.